The van der Waals surface area contributed by atoms with E-state index >= 15 is 0 Å². The lowest BCUT2D eigenvalue weighted by Gasteiger charge is -2.34. The van der Waals surface area contributed by atoms with Gasteiger partial charge in [0.25, 0.3) is 0 Å². The zero-order valence-electron chi connectivity index (χ0n) is 29.0. The van der Waals surface area contributed by atoms with Crippen molar-refractivity contribution in [2.75, 3.05) is 40.6 Å². The van der Waals surface area contributed by atoms with Gasteiger partial charge >= 0.3 is 5.97 Å². The van der Waals surface area contributed by atoms with Crippen LogP contribution in [0.1, 0.15) is 79.2 Å². The fourth-order valence-corrected chi connectivity index (χ4v) is 5.63. The SMILES string of the molecule is COCCCOc1cc(CC(C[C@H](N)C(CC(C(=O)NC2CCOCC2)C(C)C)OC(=O)[C@@H](N)C(C)C)C(C)C)ccc1OC. The number of ether oxygens (including phenoxy) is 5. The van der Waals surface area contributed by atoms with Crippen LogP contribution in [0, 0.1) is 29.6 Å². The van der Waals surface area contributed by atoms with Gasteiger partial charge in [-0.15, -0.1) is 0 Å². The van der Waals surface area contributed by atoms with Crippen LogP contribution >= 0.6 is 0 Å². The van der Waals surface area contributed by atoms with Crippen LogP contribution in [0.4, 0.5) is 0 Å². The molecule has 0 aliphatic carbocycles. The maximum atomic E-state index is 13.5. The second kappa shape index (κ2) is 20.0. The van der Waals surface area contributed by atoms with Crippen molar-refractivity contribution in [1.29, 1.82) is 0 Å². The third-order valence-corrected chi connectivity index (χ3v) is 8.92. The molecular formula is C35H61N3O7. The molecule has 10 nitrogen and oxygen atoms in total. The van der Waals surface area contributed by atoms with E-state index in [0.717, 1.165) is 31.2 Å². The topological polar surface area (TPSA) is 144 Å². The van der Waals surface area contributed by atoms with E-state index in [0.29, 0.717) is 56.7 Å². The number of nitrogens with two attached hydrogens (primary N) is 2. The van der Waals surface area contributed by atoms with Crippen LogP contribution in [-0.4, -0.2) is 76.8 Å². The first-order valence-corrected chi connectivity index (χ1v) is 16.8. The Balaban J connectivity index is 2.25. The second-order valence-corrected chi connectivity index (χ2v) is 13.5. The third kappa shape index (κ3) is 13.1. The predicted molar refractivity (Wildman–Crippen MR) is 177 cm³/mol. The highest BCUT2D eigenvalue weighted by Gasteiger charge is 2.35. The molecule has 1 amide bonds. The molecule has 0 aromatic heterocycles. The highest BCUT2D eigenvalue weighted by atomic mass is 16.5. The minimum absolute atomic E-state index is 0.0273. The molecule has 0 saturated carbocycles. The molecule has 0 bridgehead atoms. The number of carbonyl (C=O) groups excluding carboxylic acids is 2. The van der Waals surface area contributed by atoms with Crippen LogP contribution in [-0.2, 0) is 30.2 Å². The van der Waals surface area contributed by atoms with E-state index in [1.807, 2.05) is 39.8 Å². The van der Waals surface area contributed by atoms with E-state index < -0.39 is 24.2 Å². The maximum absolute atomic E-state index is 13.5. The summed E-state index contributed by atoms with van der Waals surface area (Å²) >= 11 is 0. The Morgan fingerprint density at radius 3 is 2.20 bits per heavy atom. The first kappa shape index (κ1) is 38.8. The Morgan fingerprint density at radius 2 is 1.62 bits per heavy atom. The smallest absolute Gasteiger partial charge is 0.323 e. The van der Waals surface area contributed by atoms with Crippen LogP contribution < -0.4 is 26.3 Å². The summed E-state index contributed by atoms with van der Waals surface area (Å²) in [5.74, 6) is 0.919. The average Bonchev–Trinajstić information content (AvgIpc) is 3.00. The van der Waals surface area contributed by atoms with E-state index in [4.69, 9.17) is 35.2 Å². The highest BCUT2D eigenvalue weighted by molar-refractivity contribution is 5.79. The molecule has 1 fully saturated rings. The standard InChI is InChI=1S/C35H61N3O7/c1-22(2)26(18-25-10-11-30(42-8)32(19-25)44-15-9-14-41-7)20-29(36)31(45-35(40)33(37)24(5)6)21-28(23(3)4)34(39)38-27-12-16-43-17-13-27/h10-11,19,22-24,26-29,31,33H,9,12-18,20-21,36-37H2,1-8H3,(H,38,39)/t26?,28?,29-,31?,33-/m0/s1. The third-order valence-electron chi connectivity index (χ3n) is 8.92. The van der Waals surface area contributed by atoms with E-state index in [1.165, 1.54) is 0 Å². The Bertz CT molecular complexity index is 1010. The summed E-state index contributed by atoms with van der Waals surface area (Å²) in [4.78, 5) is 26.6. The van der Waals surface area contributed by atoms with Crippen molar-refractivity contribution in [3.05, 3.63) is 23.8 Å². The summed E-state index contributed by atoms with van der Waals surface area (Å²) < 4.78 is 28.2. The highest BCUT2D eigenvalue weighted by Crippen LogP contribution is 2.32. The number of esters is 1. The van der Waals surface area contributed by atoms with E-state index in [1.54, 1.807) is 14.2 Å². The molecule has 0 spiro atoms. The normalized spacial score (nSPS) is 17.5. The predicted octanol–water partition coefficient (Wildman–Crippen LogP) is 4.50. The fraction of sp³-hybridized carbons (Fsp3) is 0.771. The quantitative estimate of drug-likeness (QED) is 0.139. The number of hydrogen-bond acceptors (Lipinski definition) is 9. The van der Waals surface area contributed by atoms with Crippen LogP contribution in [0.25, 0.3) is 0 Å². The summed E-state index contributed by atoms with van der Waals surface area (Å²) in [5, 5.41) is 3.21. The molecule has 1 saturated heterocycles. The van der Waals surface area contributed by atoms with Gasteiger partial charge in [0.2, 0.25) is 5.91 Å². The molecule has 1 aromatic rings. The molecule has 0 radical (unpaired) electrons. The zero-order chi connectivity index (χ0) is 33.5. The molecule has 258 valence electrons. The van der Waals surface area contributed by atoms with Gasteiger partial charge in [0.05, 0.1) is 13.7 Å². The lowest BCUT2D eigenvalue weighted by Crippen LogP contribution is -2.49. The summed E-state index contributed by atoms with van der Waals surface area (Å²) in [6.07, 6.45) is 3.39. The van der Waals surface area contributed by atoms with Crippen molar-refractivity contribution < 1.29 is 33.3 Å². The molecule has 1 heterocycles. The molecular weight excluding hydrogens is 574 g/mol. The van der Waals surface area contributed by atoms with Crippen LogP contribution in [0.2, 0.25) is 0 Å². The van der Waals surface area contributed by atoms with Gasteiger partial charge in [-0.1, -0.05) is 47.6 Å². The van der Waals surface area contributed by atoms with E-state index in [2.05, 4.69) is 25.2 Å². The number of methoxy groups -OCH3 is 2. The van der Waals surface area contributed by atoms with E-state index in [-0.39, 0.29) is 35.6 Å². The van der Waals surface area contributed by atoms with Crippen LogP contribution in [0.5, 0.6) is 11.5 Å². The monoisotopic (exact) mass is 635 g/mol. The Labute approximate surface area is 271 Å². The Kier molecular flexibility index (Phi) is 17.2. The summed E-state index contributed by atoms with van der Waals surface area (Å²) in [5.41, 5.74) is 14.2. The fourth-order valence-electron chi connectivity index (χ4n) is 5.63. The summed E-state index contributed by atoms with van der Waals surface area (Å²) in [6, 6.07) is 4.84. The van der Waals surface area contributed by atoms with Crippen LogP contribution in [0.15, 0.2) is 18.2 Å². The van der Waals surface area contributed by atoms with Gasteiger partial charge in [-0.05, 0) is 73.5 Å². The van der Waals surface area contributed by atoms with Crippen molar-refractivity contribution in [3.8, 4) is 11.5 Å². The second-order valence-electron chi connectivity index (χ2n) is 13.5. The van der Waals surface area contributed by atoms with Gasteiger partial charge in [-0.2, -0.15) is 0 Å². The number of nitrogens with one attached hydrogen (secondary N) is 1. The molecule has 10 heteroatoms. The van der Waals surface area contributed by atoms with Crippen molar-refractivity contribution in [1.82, 2.24) is 5.32 Å². The molecule has 5 N–H and O–H groups in total. The Hall–Kier alpha value is -2.40. The maximum Gasteiger partial charge on any atom is 0.323 e. The van der Waals surface area contributed by atoms with Gasteiger partial charge in [0, 0.05) is 51.4 Å². The zero-order valence-corrected chi connectivity index (χ0v) is 29.0. The number of amides is 1. The Morgan fingerprint density at radius 1 is 0.933 bits per heavy atom. The molecule has 45 heavy (non-hydrogen) atoms. The minimum atomic E-state index is -0.768. The number of benzene rings is 1. The molecule has 2 rings (SSSR count). The van der Waals surface area contributed by atoms with E-state index in [9.17, 15) is 9.59 Å². The van der Waals surface area contributed by atoms with Gasteiger partial charge in [0.15, 0.2) is 11.5 Å². The summed E-state index contributed by atoms with van der Waals surface area (Å²) in [6.45, 7) is 14.6. The van der Waals surface area contributed by atoms with Gasteiger partial charge in [0.1, 0.15) is 12.1 Å². The first-order chi connectivity index (χ1) is 21.4. The largest absolute Gasteiger partial charge is 0.493 e. The lowest BCUT2D eigenvalue weighted by atomic mass is 9.80. The lowest BCUT2D eigenvalue weighted by molar-refractivity contribution is -0.155. The van der Waals surface area contributed by atoms with Crippen molar-refractivity contribution in [2.24, 2.45) is 41.1 Å². The van der Waals surface area contributed by atoms with Crippen molar-refractivity contribution in [3.63, 3.8) is 0 Å². The van der Waals surface area contributed by atoms with Crippen LogP contribution in [0.3, 0.4) is 0 Å². The minimum Gasteiger partial charge on any atom is -0.493 e. The van der Waals surface area contributed by atoms with Gasteiger partial charge in [-0.3, -0.25) is 9.59 Å². The molecule has 1 aromatic carbocycles. The molecule has 5 atom stereocenters. The molecule has 1 aliphatic rings. The average molecular weight is 636 g/mol. The van der Waals surface area contributed by atoms with Gasteiger partial charge in [-0.25, -0.2) is 0 Å². The van der Waals surface area contributed by atoms with Crippen molar-refractivity contribution in [2.45, 2.75) is 104 Å². The number of carbonyl (C=O) groups is 2. The first-order valence-electron chi connectivity index (χ1n) is 16.8. The number of hydrogen-bond donors (Lipinski definition) is 3. The van der Waals surface area contributed by atoms with Gasteiger partial charge < -0.3 is 40.5 Å². The summed E-state index contributed by atoms with van der Waals surface area (Å²) in [7, 11) is 3.31. The molecule has 1 aliphatic heterocycles. The number of rotatable bonds is 20. The molecule has 3 unspecified atom stereocenters. The van der Waals surface area contributed by atoms with Crippen molar-refractivity contribution >= 4 is 11.9 Å².